The van der Waals surface area contributed by atoms with Crippen LogP contribution in [0.2, 0.25) is 0 Å². The molecule has 3 rings (SSSR count). The van der Waals surface area contributed by atoms with E-state index in [4.69, 9.17) is 4.74 Å². The predicted molar refractivity (Wildman–Crippen MR) is 91.7 cm³/mol. The first kappa shape index (κ1) is 19.3. The van der Waals surface area contributed by atoms with Crippen LogP contribution in [0, 0.1) is 5.92 Å². The fraction of sp³-hybridized carbons (Fsp3) is 0.500. The van der Waals surface area contributed by atoms with Gasteiger partial charge in [-0.15, -0.1) is 0 Å². The lowest BCUT2D eigenvalue weighted by molar-refractivity contribution is -0.137. The zero-order valence-electron chi connectivity index (χ0n) is 15.1. The third-order valence-corrected chi connectivity index (χ3v) is 4.47. The lowest BCUT2D eigenvalue weighted by atomic mass is 10.0. The zero-order valence-corrected chi connectivity index (χ0v) is 15.1. The van der Waals surface area contributed by atoms with Gasteiger partial charge in [0.15, 0.2) is 5.82 Å². The van der Waals surface area contributed by atoms with Crippen molar-refractivity contribution in [2.24, 2.45) is 5.92 Å². The second-order valence-corrected chi connectivity index (χ2v) is 6.85. The number of halogens is 3. The molecule has 1 aliphatic rings. The molecule has 0 saturated carbocycles. The van der Waals surface area contributed by atoms with Crippen molar-refractivity contribution in [3.8, 4) is 5.82 Å². The number of amides is 1. The van der Waals surface area contributed by atoms with Gasteiger partial charge in [0.25, 0.3) is 5.91 Å². The highest BCUT2D eigenvalue weighted by Crippen LogP contribution is 2.29. The summed E-state index contributed by atoms with van der Waals surface area (Å²) in [6.07, 6.45) is -1.35. The molecule has 1 atom stereocenters. The Bertz CT molecular complexity index is 794. The number of carbonyl (C=O) groups is 1. The fourth-order valence-electron chi connectivity index (χ4n) is 3.03. The summed E-state index contributed by atoms with van der Waals surface area (Å²) >= 11 is 0. The predicted octanol–water partition coefficient (Wildman–Crippen LogP) is 3.18. The first-order chi connectivity index (χ1) is 12.8. The topological polar surface area (TPSA) is 69.0 Å². The molecule has 1 unspecified atom stereocenters. The maximum atomic E-state index is 12.7. The van der Waals surface area contributed by atoms with Crippen LogP contribution in [0.15, 0.2) is 24.5 Å². The number of rotatable bonds is 5. The molecule has 0 aromatic carbocycles. The number of ether oxygens (including phenoxy) is 1. The van der Waals surface area contributed by atoms with E-state index in [1.54, 1.807) is 0 Å². The Hall–Kier alpha value is -2.42. The second kappa shape index (κ2) is 7.67. The highest BCUT2D eigenvalue weighted by Gasteiger charge is 2.31. The minimum absolute atomic E-state index is 0.0767. The average molecular weight is 382 g/mol. The summed E-state index contributed by atoms with van der Waals surface area (Å²) in [5, 5.41) is 7.08. The number of hydrogen-bond acceptors (Lipinski definition) is 4. The van der Waals surface area contributed by atoms with E-state index in [9.17, 15) is 18.0 Å². The molecule has 0 bridgehead atoms. The third-order valence-electron chi connectivity index (χ3n) is 4.47. The number of aromatic nitrogens is 3. The first-order valence-corrected chi connectivity index (χ1v) is 8.75. The monoisotopic (exact) mass is 382 g/mol. The molecule has 2 aromatic heterocycles. The number of alkyl halides is 3. The quantitative estimate of drug-likeness (QED) is 0.862. The Balaban J connectivity index is 1.83. The summed E-state index contributed by atoms with van der Waals surface area (Å²) in [5.41, 5.74) is 0.161. The zero-order chi connectivity index (χ0) is 19.6. The van der Waals surface area contributed by atoms with Crippen LogP contribution in [0.25, 0.3) is 5.82 Å². The van der Waals surface area contributed by atoms with Crippen LogP contribution in [0.3, 0.4) is 0 Å². The highest BCUT2D eigenvalue weighted by atomic mass is 19.4. The van der Waals surface area contributed by atoms with Crippen molar-refractivity contribution in [3.05, 3.63) is 41.3 Å². The molecule has 3 heterocycles. The lowest BCUT2D eigenvalue weighted by Crippen LogP contribution is -2.30. The van der Waals surface area contributed by atoms with Gasteiger partial charge in [0, 0.05) is 25.3 Å². The van der Waals surface area contributed by atoms with Crippen molar-refractivity contribution in [1.29, 1.82) is 0 Å². The molecular formula is C18H21F3N4O2. The Morgan fingerprint density at radius 1 is 1.37 bits per heavy atom. The molecule has 6 nitrogen and oxygen atoms in total. The van der Waals surface area contributed by atoms with E-state index in [0.29, 0.717) is 36.9 Å². The molecule has 27 heavy (non-hydrogen) atoms. The Morgan fingerprint density at radius 2 is 2.15 bits per heavy atom. The number of pyridine rings is 1. The standard InChI is InChI=1S/C18H21F3N4O2/c1-11(2)16-14(17(26)23-7-12-5-6-27-10-12)9-24-25(16)15-4-3-13(8-22-15)18(19,20)21/h3-4,8-9,11-12H,5-7,10H2,1-2H3,(H,23,26). The van der Waals surface area contributed by atoms with Crippen molar-refractivity contribution in [1.82, 2.24) is 20.1 Å². The lowest BCUT2D eigenvalue weighted by Gasteiger charge is -2.14. The minimum atomic E-state index is -4.45. The van der Waals surface area contributed by atoms with E-state index in [1.165, 1.54) is 16.9 Å². The van der Waals surface area contributed by atoms with Crippen molar-refractivity contribution in [2.45, 2.75) is 32.4 Å². The molecule has 1 N–H and O–H groups in total. The van der Waals surface area contributed by atoms with Gasteiger partial charge in [0.2, 0.25) is 0 Å². The van der Waals surface area contributed by atoms with E-state index in [-0.39, 0.29) is 17.6 Å². The van der Waals surface area contributed by atoms with E-state index < -0.39 is 11.7 Å². The van der Waals surface area contributed by atoms with Gasteiger partial charge in [-0.05, 0) is 24.5 Å². The van der Waals surface area contributed by atoms with Crippen molar-refractivity contribution in [3.63, 3.8) is 0 Å². The van der Waals surface area contributed by atoms with Crippen LogP contribution >= 0.6 is 0 Å². The molecule has 146 valence electrons. The van der Waals surface area contributed by atoms with Gasteiger partial charge in [-0.3, -0.25) is 4.79 Å². The number of carbonyl (C=O) groups excluding carboxylic acids is 1. The molecular weight excluding hydrogens is 361 g/mol. The summed E-state index contributed by atoms with van der Waals surface area (Å²) in [6.45, 7) is 5.62. The summed E-state index contributed by atoms with van der Waals surface area (Å²) in [6, 6.07) is 2.20. The maximum Gasteiger partial charge on any atom is 0.417 e. The number of nitrogens with one attached hydrogen (secondary N) is 1. The minimum Gasteiger partial charge on any atom is -0.381 e. The van der Waals surface area contributed by atoms with Gasteiger partial charge in [-0.25, -0.2) is 9.67 Å². The molecule has 1 aliphatic heterocycles. The fourth-order valence-corrected chi connectivity index (χ4v) is 3.03. The summed E-state index contributed by atoms with van der Waals surface area (Å²) in [4.78, 5) is 16.5. The molecule has 0 spiro atoms. The van der Waals surface area contributed by atoms with Crippen LogP contribution in [-0.4, -0.2) is 40.4 Å². The third kappa shape index (κ3) is 4.29. The SMILES string of the molecule is CC(C)c1c(C(=O)NCC2CCOC2)cnn1-c1ccc(C(F)(F)F)cn1. The van der Waals surface area contributed by atoms with E-state index in [1.807, 2.05) is 13.8 Å². The largest absolute Gasteiger partial charge is 0.417 e. The van der Waals surface area contributed by atoms with Crippen LogP contribution < -0.4 is 5.32 Å². The Labute approximate surface area is 154 Å². The highest BCUT2D eigenvalue weighted by molar-refractivity contribution is 5.95. The second-order valence-electron chi connectivity index (χ2n) is 6.85. The van der Waals surface area contributed by atoms with E-state index >= 15 is 0 Å². The van der Waals surface area contributed by atoms with E-state index in [0.717, 1.165) is 18.7 Å². The van der Waals surface area contributed by atoms with Gasteiger partial charge >= 0.3 is 6.18 Å². The van der Waals surface area contributed by atoms with Crippen LogP contribution in [0.4, 0.5) is 13.2 Å². The van der Waals surface area contributed by atoms with Gasteiger partial charge in [-0.1, -0.05) is 13.8 Å². The molecule has 1 fully saturated rings. The smallest absolute Gasteiger partial charge is 0.381 e. The maximum absolute atomic E-state index is 12.7. The van der Waals surface area contributed by atoms with Gasteiger partial charge in [-0.2, -0.15) is 18.3 Å². The van der Waals surface area contributed by atoms with Crippen molar-refractivity contribution in [2.75, 3.05) is 19.8 Å². The average Bonchev–Trinajstić information content (AvgIpc) is 3.28. The summed E-state index contributed by atoms with van der Waals surface area (Å²) < 4.78 is 44.9. The molecule has 0 radical (unpaired) electrons. The molecule has 1 amide bonds. The Morgan fingerprint density at radius 3 is 2.70 bits per heavy atom. The van der Waals surface area contributed by atoms with Crippen molar-refractivity contribution < 1.29 is 22.7 Å². The van der Waals surface area contributed by atoms with Gasteiger partial charge in [0.05, 0.1) is 29.6 Å². The number of hydrogen-bond donors (Lipinski definition) is 1. The van der Waals surface area contributed by atoms with Gasteiger partial charge < -0.3 is 10.1 Å². The molecule has 0 aliphatic carbocycles. The summed E-state index contributed by atoms with van der Waals surface area (Å²) in [7, 11) is 0. The van der Waals surface area contributed by atoms with Crippen LogP contribution in [0.1, 0.15) is 47.8 Å². The number of nitrogens with zero attached hydrogens (tertiary/aromatic N) is 3. The molecule has 1 saturated heterocycles. The molecule has 9 heteroatoms. The summed E-state index contributed by atoms with van der Waals surface area (Å²) in [5.74, 6) is 0.189. The van der Waals surface area contributed by atoms with Gasteiger partial charge in [0.1, 0.15) is 0 Å². The van der Waals surface area contributed by atoms with Crippen LogP contribution in [-0.2, 0) is 10.9 Å². The van der Waals surface area contributed by atoms with Crippen molar-refractivity contribution >= 4 is 5.91 Å². The van der Waals surface area contributed by atoms with E-state index in [2.05, 4.69) is 15.4 Å². The Kier molecular flexibility index (Phi) is 5.50. The van der Waals surface area contributed by atoms with Crippen LogP contribution in [0.5, 0.6) is 0 Å². The molecule has 2 aromatic rings. The first-order valence-electron chi connectivity index (χ1n) is 8.75. The normalized spacial score (nSPS) is 17.5.